The van der Waals surface area contributed by atoms with Crippen molar-refractivity contribution in [3.63, 3.8) is 0 Å². The zero-order valence-corrected chi connectivity index (χ0v) is 11.0. The number of carbonyl (C=O) groups is 1. The highest BCUT2D eigenvalue weighted by Gasteiger charge is 2.31. The van der Waals surface area contributed by atoms with Crippen molar-refractivity contribution in [2.75, 3.05) is 0 Å². The van der Waals surface area contributed by atoms with Crippen LogP contribution in [0.5, 0.6) is 5.75 Å². The van der Waals surface area contributed by atoms with E-state index in [4.69, 9.17) is 0 Å². The Bertz CT molecular complexity index is 688. The van der Waals surface area contributed by atoms with Gasteiger partial charge in [-0.1, -0.05) is 6.07 Å². The Kier molecular flexibility index (Phi) is 3.23. The van der Waals surface area contributed by atoms with Crippen LogP contribution in [0.2, 0.25) is 0 Å². The predicted octanol–water partition coefficient (Wildman–Crippen LogP) is 3.89. The highest BCUT2D eigenvalue weighted by molar-refractivity contribution is 5.98. The first-order valence-corrected chi connectivity index (χ1v) is 6.54. The smallest absolute Gasteiger partial charge is 0.406 e. The van der Waals surface area contributed by atoms with E-state index in [0.717, 1.165) is 18.5 Å². The Hall–Kier alpha value is -2.24. The summed E-state index contributed by atoms with van der Waals surface area (Å²) in [6.45, 7) is 0. The standard InChI is InChI=1S/C15H12F3NO2/c16-15(17,18)21-11-4-1-3-10(9-11)19-8-7-12-13(19)5-2-6-14(12)20/h1,3-4,7-9H,2,5-6H2. The lowest BCUT2D eigenvalue weighted by Crippen LogP contribution is -2.17. The second-order valence-electron chi connectivity index (χ2n) is 4.87. The number of carbonyl (C=O) groups excluding carboxylic acids is 1. The molecule has 3 nitrogen and oxygen atoms in total. The molecular weight excluding hydrogens is 283 g/mol. The summed E-state index contributed by atoms with van der Waals surface area (Å²) in [4.78, 5) is 11.8. The Labute approximate surface area is 118 Å². The molecule has 0 amide bonds. The van der Waals surface area contributed by atoms with Crippen LogP contribution < -0.4 is 4.74 Å². The van der Waals surface area contributed by atoms with Gasteiger partial charge in [0.05, 0.1) is 0 Å². The van der Waals surface area contributed by atoms with Gasteiger partial charge in [-0.3, -0.25) is 4.79 Å². The van der Waals surface area contributed by atoms with E-state index in [1.165, 1.54) is 18.2 Å². The summed E-state index contributed by atoms with van der Waals surface area (Å²) in [6, 6.07) is 7.45. The fourth-order valence-corrected chi connectivity index (χ4v) is 2.60. The molecule has 1 aliphatic rings. The number of aromatic nitrogens is 1. The van der Waals surface area contributed by atoms with Crippen molar-refractivity contribution in [1.29, 1.82) is 0 Å². The summed E-state index contributed by atoms with van der Waals surface area (Å²) < 4.78 is 42.5. The maximum absolute atomic E-state index is 12.3. The van der Waals surface area contributed by atoms with Crippen LogP contribution in [0.25, 0.3) is 5.69 Å². The van der Waals surface area contributed by atoms with Crippen molar-refractivity contribution in [2.24, 2.45) is 0 Å². The number of benzene rings is 1. The molecular formula is C15H12F3NO2. The summed E-state index contributed by atoms with van der Waals surface area (Å²) in [7, 11) is 0. The zero-order chi connectivity index (χ0) is 15.0. The number of ether oxygens (including phenoxy) is 1. The van der Waals surface area contributed by atoms with Gasteiger partial charge in [0.15, 0.2) is 5.78 Å². The molecule has 0 radical (unpaired) electrons. The molecule has 1 aliphatic carbocycles. The summed E-state index contributed by atoms with van der Waals surface area (Å²) in [5.41, 5.74) is 2.05. The molecule has 1 aromatic heterocycles. The van der Waals surface area contributed by atoms with E-state index in [9.17, 15) is 18.0 Å². The first kappa shape index (κ1) is 13.7. The Morgan fingerprint density at radius 2 is 1.95 bits per heavy atom. The monoisotopic (exact) mass is 295 g/mol. The van der Waals surface area contributed by atoms with E-state index in [1.54, 1.807) is 22.9 Å². The molecule has 0 bridgehead atoms. The average Bonchev–Trinajstić information content (AvgIpc) is 2.82. The Morgan fingerprint density at radius 1 is 1.14 bits per heavy atom. The van der Waals surface area contributed by atoms with Gasteiger partial charge in [0.2, 0.25) is 0 Å². The van der Waals surface area contributed by atoms with Crippen LogP contribution in [0.4, 0.5) is 13.2 Å². The number of Topliss-reactive ketones (excluding diaryl/α,β-unsaturated/α-hetero) is 1. The van der Waals surface area contributed by atoms with Gasteiger partial charge < -0.3 is 9.30 Å². The SMILES string of the molecule is O=C1CCCc2c1ccn2-c1cccc(OC(F)(F)F)c1. The third-order valence-electron chi connectivity index (χ3n) is 3.44. The van der Waals surface area contributed by atoms with Gasteiger partial charge in [0.25, 0.3) is 0 Å². The lowest BCUT2D eigenvalue weighted by Gasteiger charge is -2.16. The summed E-state index contributed by atoms with van der Waals surface area (Å²) >= 11 is 0. The van der Waals surface area contributed by atoms with E-state index in [1.807, 2.05) is 0 Å². The minimum Gasteiger partial charge on any atom is -0.406 e. The van der Waals surface area contributed by atoms with Crippen LogP contribution in [0, 0.1) is 0 Å². The Morgan fingerprint density at radius 3 is 2.71 bits per heavy atom. The van der Waals surface area contributed by atoms with E-state index < -0.39 is 6.36 Å². The number of halogens is 3. The van der Waals surface area contributed by atoms with Gasteiger partial charge in [-0.25, -0.2) is 0 Å². The minimum atomic E-state index is -4.72. The predicted molar refractivity (Wildman–Crippen MR) is 69.7 cm³/mol. The molecule has 0 aliphatic heterocycles. The Balaban J connectivity index is 1.98. The van der Waals surface area contributed by atoms with Gasteiger partial charge >= 0.3 is 6.36 Å². The largest absolute Gasteiger partial charge is 0.573 e. The van der Waals surface area contributed by atoms with Crippen LogP contribution in [0.1, 0.15) is 28.9 Å². The molecule has 1 heterocycles. The molecule has 3 rings (SSSR count). The first-order valence-electron chi connectivity index (χ1n) is 6.54. The minimum absolute atomic E-state index is 0.0812. The molecule has 0 unspecified atom stereocenters. The quantitative estimate of drug-likeness (QED) is 0.841. The van der Waals surface area contributed by atoms with Gasteiger partial charge in [-0.2, -0.15) is 0 Å². The zero-order valence-electron chi connectivity index (χ0n) is 11.0. The molecule has 0 atom stereocenters. The summed E-state index contributed by atoms with van der Waals surface area (Å²) in [5.74, 6) is -0.192. The molecule has 6 heteroatoms. The third-order valence-corrected chi connectivity index (χ3v) is 3.44. The van der Waals surface area contributed by atoms with Crippen LogP contribution >= 0.6 is 0 Å². The normalized spacial score (nSPS) is 14.9. The maximum atomic E-state index is 12.3. The number of rotatable bonds is 2. The van der Waals surface area contributed by atoms with Crippen molar-refractivity contribution in [3.8, 4) is 11.4 Å². The third kappa shape index (κ3) is 2.79. The number of fused-ring (bicyclic) bond motifs is 1. The van der Waals surface area contributed by atoms with Crippen molar-refractivity contribution < 1.29 is 22.7 Å². The summed E-state index contributed by atoms with van der Waals surface area (Å²) in [6.07, 6.45) is -0.994. The van der Waals surface area contributed by atoms with Crippen LogP contribution in [0.3, 0.4) is 0 Å². The summed E-state index contributed by atoms with van der Waals surface area (Å²) in [5, 5.41) is 0. The number of alkyl halides is 3. The van der Waals surface area contributed by atoms with E-state index in [-0.39, 0.29) is 11.5 Å². The van der Waals surface area contributed by atoms with Crippen molar-refractivity contribution in [2.45, 2.75) is 25.6 Å². The number of nitrogens with zero attached hydrogens (tertiary/aromatic N) is 1. The van der Waals surface area contributed by atoms with Gasteiger partial charge in [-0.15, -0.1) is 13.2 Å². The van der Waals surface area contributed by atoms with Gasteiger partial charge in [-0.05, 0) is 31.0 Å². The van der Waals surface area contributed by atoms with Crippen molar-refractivity contribution in [3.05, 3.63) is 47.8 Å². The molecule has 0 N–H and O–H groups in total. The lowest BCUT2D eigenvalue weighted by molar-refractivity contribution is -0.274. The van der Waals surface area contributed by atoms with Crippen molar-refractivity contribution >= 4 is 5.78 Å². The molecule has 0 fully saturated rings. The first-order chi connectivity index (χ1) is 9.94. The highest BCUT2D eigenvalue weighted by atomic mass is 19.4. The van der Waals surface area contributed by atoms with Gasteiger partial charge in [0.1, 0.15) is 5.75 Å². The van der Waals surface area contributed by atoms with Gasteiger partial charge in [0, 0.05) is 35.6 Å². The average molecular weight is 295 g/mol. The van der Waals surface area contributed by atoms with Crippen LogP contribution in [0.15, 0.2) is 36.5 Å². The molecule has 2 aromatic rings. The number of hydrogen-bond acceptors (Lipinski definition) is 2. The molecule has 1 aromatic carbocycles. The maximum Gasteiger partial charge on any atom is 0.573 e. The number of ketones is 1. The second-order valence-corrected chi connectivity index (χ2v) is 4.87. The molecule has 0 spiro atoms. The molecule has 0 saturated heterocycles. The fourth-order valence-electron chi connectivity index (χ4n) is 2.60. The highest BCUT2D eigenvalue weighted by Crippen LogP contribution is 2.28. The number of hydrogen-bond donors (Lipinski definition) is 0. The van der Waals surface area contributed by atoms with Crippen molar-refractivity contribution in [1.82, 2.24) is 4.57 Å². The van der Waals surface area contributed by atoms with E-state index >= 15 is 0 Å². The van der Waals surface area contributed by atoms with Crippen LogP contribution in [-0.4, -0.2) is 16.7 Å². The van der Waals surface area contributed by atoms with Crippen LogP contribution in [-0.2, 0) is 6.42 Å². The topological polar surface area (TPSA) is 31.2 Å². The second kappa shape index (κ2) is 4.95. The lowest BCUT2D eigenvalue weighted by atomic mass is 9.97. The molecule has 110 valence electrons. The molecule has 0 saturated carbocycles. The fraction of sp³-hybridized carbons (Fsp3) is 0.267. The van der Waals surface area contributed by atoms with E-state index in [2.05, 4.69) is 4.74 Å². The van der Waals surface area contributed by atoms with E-state index in [0.29, 0.717) is 17.7 Å². The molecule has 21 heavy (non-hydrogen) atoms.